The Hall–Kier alpha value is -2.37. The highest BCUT2D eigenvalue weighted by atomic mass is 16.4. The number of nitrogens with one attached hydrogen (secondary N) is 1. The number of hydrogen-bond acceptors (Lipinski definition) is 4. The van der Waals surface area contributed by atoms with Crippen molar-refractivity contribution in [1.29, 1.82) is 0 Å². The first-order chi connectivity index (χ1) is 10.4. The van der Waals surface area contributed by atoms with Gasteiger partial charge in [0.2, 0.25) is 0 Å². The van der Waals surface area contributed by atoms with Gasteiger partial charge in [0.15, 0.2) is 0 Å². The van der Waals surface area contributed by atoms with Crippen LogP contribution >= 0.6 is 0 Å². The molecule has 0 radical (unpaired) electrons. The first-order valence-electron chi connectivity index (χ1n) is 7.38. The molecule has 118 valence electrons. The van der Waals surface area contributed by atoms with E-state index in [1.165, 1.54) is 4.68 Å². The maximum absolute atomic E-state index is 12.3. The van der Waals surface area contributed by atoms with Crippen LogP contribution < -0.4 is 10.9 Å². The molecule has 0 saturated carbocycles. The quantitative estimate of drug-likeness (QED) is 0.921. The molecule has 0 saturated heterocycles. The SMILES string of the molecule is CCCC(C)c1cc(C)c(C(=O)Nc2ccnn2C)c(=O)o1. The van der Waals surface area contributed by atoms with Gasteiger partial charge >= 0.3 is 5.63 Å². The second kappa shape index (κ2) is 6.60. The summed E-state index contributed by atoms with van der Waals surface area (Å²) in [5, 5.41) is 6.63. The highest BCUT2D eigenvalue weighted by Gasteiger charge is 2.19. The summed E-state index contributed by atoms with van der Waals surface area (Å²) < 4.78 is 6.86. The first-order valence-corrected chi connectivity index (χ1v) is 7.38. The van der Waals surface area contributed by atoms with Crippen LogP contribution in [0, 0.1) is 6.92 Å². The van der Waals surface area contributed by atoms with E-state index in [1.807, 2.05) is 6.92 Å². The number of aromatic nitrogens is 2. The van der Waals surface area contributed by atoms with Crippen LogP contribution in [0.3, 0.4) is 0 Å². The molecule has 2 rings (SSSR count). The van der Waals surface area contributed by atoms with Crippen LogP contribution in [-0.2, 0) is 7.05 Å². The minimum Gasteiger partial charge on any atom is -0.427 e. The zero-order valence-electron chi connectivity index (χ0n) is 13.3. The summed E-state index contributed by atoms with van der Waals surface area (Å²) in [5.74, 6) is 0.823. The molecule has 2 aromatic rings. The highest BCUT2D eigenvalue weighted by molar-refractivity contribution is 6.04. The smallest absolute Gasteiger partial charge is 0.349 e. The lowest BCUT2D eigenvalue weighted by Gasteiger charge is -2.11. The summed E-state index contributed by atoms with van der Waals surface area (Å²) in [7, 11) is 1.71. The molecule has 0 spiro atoms. The summed E-state index contributed by atoms with van der Waals surface area (Å²) in [6, 6.07) is 3.44. The van der Waals surface area contributed by atoms with Crippen molar-refractivity contribution < 1.29 is 9.21 Å². The Balaban J connectivity index is 2.30. The van der Waals surface area contributed by atoms with Crippen molar-refractivity contribution >= 4 is 11.7 Å². The van der Waals surface area contributed by atoms with E-state index in [0.29, 0.717) is 17.1 Å². The van der Waals surface area contributed by atoms with Crippen LogP contribution in [-0.4, -0.2) is 15.7 Å². The molecule has 2 aromatic heterocycles. The van der Waals surface area contributed by atoms with E-state index in [9.17, 15) is 9.59 Å². The Morgan fingerprint density at radius 1 is 1.50 bits per heavy atom. The molecule has 0 aliphatic carbocycles. The Kier molecular flexibility index (Phi) is 4.80. The lowest BCUT2D eigenvalue weighted by atomic mass is 10.0. The van der Waals surface area contributed by atoms with E-state index in [2.05, 4.69) is 17.3 Å². The van der Waals surface area contributed by atoms with Gasteiger partial charge in [-0.15, -0.1) is 0 Å². The van der Waals surface area contributed by atoms with Gasteiger partial charge in [0.25, 0.3) is 5.91 Å². The normalized spacial score (nSPS) is 12.2. The minimum absolute atomic E-state index is 0.0358. The predicted molar refractivity (Wildman–Crippen MR) is 84.2 cm³/mol. The summed E-state index contributed by atoms with van der Waals surface area (Å²) in [5.41, 5.74) is 0.0557. The summed E-state index contributed by atoms with van der Waals surface area (Å²) in [6.07, 6.45) is 3.51. The number of rotatable bonds is 5. The number of carbonyl (C=O) groups excluding carboxylic acids is 1. The molecule has 6 heteroatoms. The number of nitrogens with zero attached hydrogens (tertiary/aromatic N) is 2. The standard InChI is InChI=1S/C16H21N3O3/c1-5-6-10(2)12-9-11(3)14(16(21)22-12)15(20)18-13-7-8-17-19(13)4/h7-10H,5-6H2,1-4H3,(H,18,20). The third kappa shape index (κ3) is 3.27. The van der Waals surface area contributed by atoms with E-state index in [1.54, 1.807) is 32.3 Å². The second-order valence-electron chi connectivity index (χ2n) is 5.48. The van der Waals surface area contributed by atoms with Crippen LogP contribution in [0.1, 0.15) is 54.3 Å². The van der Waals surface area contributed by atoms with Gasteiger partial charge in [0.05, 0.1) is 6.20 Å². The highest BCUT2D eigenvalue weighted by Crippen LogP contribution is 2.21. The zero-order valence-corrected chi connectivity index (χ0v) is 13.3. The largest absolute Gasteiger partial charge is 0.427 e. The number of amides is 1. The fraction of sp³-hybridized carbons (Fsp3) is 0.438. The Morgan fingerprint density at radius 3 is 2.77 bits per heavy atom. The van der Waals surface area contributed by atoms with Gasteiger partial charge in [-0.1, -0.05) is 20.3 Å². The third-order valence-corrected chi connectivity index (χ3v) is 3.66. The number of anilines is 1. The first kappa shape index (κ1) is 16.0. The van der Waals surface area contributed by atoms with Gasteiger partial charge < -0.3 is 9.73 Å². The van der Waals surface area contributed by atoms with Crippen molar-refractivity contribution in [2.24, 2.45) is 7.05 Å². The van der Waals surface area contributed by atoms with E-state index < -0.39 is 11.5 Å². The van der Waals surface area contributed by atoms with Crippen LogP contribution in [0.2, 0.25) is 0 Å². The molecule has 0 bridgehead atoms. The Labute approximate surface area is 129 Å². The molecule has 0 aliphatic rings. The lowest BCUT2D eigenvalue weighted by Crippen LogP contribution is -2.24. The predicted octanol–water partition coefficient (Wildman–Crippen LogP) is 2.84. The fourth-order valence-corrected chi connectivity index (χ4v) is 2.40. The average Bonchev–Trinajstić information content (AvgIpc) is 2.83. The molecule has 1 amide bonds. The second-order valence-corrected chi connectivity index (χ2v) is 5.48. The van der Waals surface area contributed by atoms with Crippen molar-refractivity contribution in [2.45, 2.75) is 39.5 Å². The van der Waals surface area contributed by atoms with Crippen molar-refractivity contribution in [2.75, 3.05) is 5.32 Å². The third-order valence-electron chi connectivity index (χ3n) is 3.66. The summed E-state index contributed by atoms with van der Waals surface area (Å²) >= 11 is 0. The van der Waals surface area contributed by atoms with E-state index in [4.69, 9.17) is 4.42 Å². The molecular formula is C16H21N3O3. The number of carbonyl (C=O) groups is 1. The fourth-order valence-electron chi connectivity index (χ4n) is 2.40. The van der Waals surface area contributed by atoms with E-state index >= 15 is 0 Å². The van der Waals surface area contributed by atoms with Gasteiger partial charge in [-0.05, 0) is 25.0 Å². The Bertz CT molecular complexity index is 730. The van der Waals surface area contributed by atoms with Crippen molar-refractivity contribution in [3.05, 3.63) is 45.6 Å². The van der Waals surface area contributed by atoms with E-state index in [-0.39, 0.29) is 11.5 Å². The van der Waals surface area contributed by atoms with Crippen LogP contribution in [0.15, 0.2) is 27.5 Å². The number of hydrogen-bond donors (Lipinski definition) is 1. The molecule has 1 N–H and O–H groups in total. The molecule has 0 aliphatic heterocycles. The molecule has 0 aromatic carbocycles. The van der Waals surface area contributed by atoms with Crippen molar-refractivity contribution in [3.63, 3.8) is 0 Å². The summed E-state index contributed by atoms with van der Waals surface area (Å²) in [6.45, 7) is 5.84. The maximum atomic E-state index is 12.3. The van der Waals surface area contributed by atoms with Gasteiger partial charge in [0.1, 0.15) is 17.1 Å². The zero-order chi connectivity index (χ0) is 16.3. The van der Waals surface area contributed by atoms with Gasteiger partial charge in [0, 0.05) is 19.0 Å². The monoisotopic (exact) mass is 303 g/mol. The lowest BCUT2D eigenvalue weighted by molar-refractivity contribution is 0.102. The molecular weight excluding hydrogens is 282 g/mol. The Morgan fingerprint density at radius 2 is 2.23 bits per heavy atom. The van der Waals surface area contributed by atoms with Gasteiger partial charge in [-0.25, -0.2) is 4.79 Å². The van der Waals surface area contributed by atoms with Crippen molar-refractivity contribution in [3.8, 4) is 0 Å². The minimum atomic E-state index is -0.599. The van der Waals surface area contributed by atoms with Crippen LogP contribution in [0.5, 0.6) is 0 Å². The van der Waals surface area contributed by atoms with Crippen LogP contribution in [0.4, 0.5) is 5.82 Å². The molecule has 1 atom stereocenters. The molecule has 2 heterocycles. The summed E-state index contributed by atoms with van der Waals surface area (Å²) in [4.78, 5) is 24.5. The van der Waals surface area contributed by atoms with Gasteiger partial charge in [-0.2, -0.15) is 5.10 Å². The van der Waals surface area contributed by atoms with E-state index in [0.717, 1.165) is 12.8 Å². The van der Waals surface area contributed by atoms with Gasteiger partial charge in [-0.3, -0.25) is 9.48 Å². The topological polar surface area (TPSA) is 77.1 Å². The van der Waals surface area contributed by atoms with Crippen LogP contribution in [0.25, 0.3) is 0 Å². The molecule has 1 unspecified atom stereocenters. The maximum Gasteiger partial charge on any atom is 0.349 e. The van der Waals surface area contributed by atoms with Crippen molar-refractivity contribution in [1.82, 2.24) is 9.78 Å². The molecule has 22 heavy (non-hydrogen) atoms. The molecule has 0 fully saturated rings. The number of aryl methyl sites for hydroxylation is 2. The average molecular weight is 303 g/mol. The molecule has 6 nitrogen and oxygen atoms in total.